The lowest BCUT2D eigenvalue weighted by Crippen LogP contribution is -2.38. The van der Waals surface area contributed by atoms with Crippen molar-refractivity contribution in [1.82, 2.24) is 10.2 Å². The summed E-state index contributed by atoms with van der Waals surface area (Å²) in [6.45, 7) is 0.612. The van der Waals surface area contributed by atoms with Crippen LogP contribution in [0.5, 0.6) is 0 Å². The summed E-state index contributed by atoms with van der Waals surface area (Å²) in [5, 5.41) is 13.1. The molecule has 124 valence electrons. The molecule has 1 aromatic carbocycles. The van der Waals surface area contributed by atoms with E-state index in [1.807, 2.05) is 0 Å². The lowest BCUT2D eigenvalue weighted by atomic mass is 10.1. The molecule has 2 rings (SSSR count). The molecule has 1 N–H and O–H groups in total. The Balaban J connectivity index is 1.88. The lowest BCUT2D eigenvalue weighted by Gasteiger charge is -2.23. The Hall–Kier alpha value is -2.64. The standard InChI is InChI=1S/C15H19N3O5/c1-16-14(19)9-13-3-2-8-17(13)15(20)23-10-11-4-6-12(7-5-11)18(21)22/h4-7,13H,2-3,8-10H2,1H3,(H,16,19). The number of carbonyl (C=O) groups excluding carboxylic acids is 2. The van der Waals surface area contributed by atoms with Gasteiger partial charge in [-0.25, -0.2) is 4.79 Å². The van der Waals surface area contributed by atoms with E-state index in [9.17, 15) is 19.7 Å². The van der Waals surface area contributed by atoms with Crippen molar-refractivity contribution in [2.24, 2.45) is 0 Å². The molecule has 8 nitrogen and oxygen atoms in total. The van der Waals surface area contributed by atoms with Crippen LogP contribution in [0, 0.1) is 10.1 Å². The summed E-state index contributed by atoms with van der Waals surface area (Å²) >= 11 is 0. The van der Waals surface area contributed by atoms with E-state index in [0.29, 0.717) is 12.1 Å². The number of nitrogens with one attached hydrogen (secondary N) is 1. The van der Waals surface area contributed by atoms with Gasteiger partial charge < -0.3 is 15.0 Å². The Bertz CT molecular complexity index is 587. The molecule has 1 aromatic rings. The second kappa shape index (κ2) is 7.57. The van der Waals surface area contributed by atoms with E-state index in [1.165, 1.54) is 12.1 Å². The van der Waals surface area contributed by atoms with Crippen LogP contribution in [0.1, 0.15) is 24.8 Å². The maximum atomic E-state index is 12.1. The first-order valence-electron chi connectivity index (χ1n) is 7.38. The molecule has 1 unspecified atom stereocenters. The molecule has 0 saturated carbocycles. The van der Waals surface area contributed by atoms with Gasteiger partial charge in [0, 0.05) is 38.2 Å². The number of nitro groups is 1. The van der Waals surface area contributed by atoms with Crippen LogP contribution in [0.3, 0.4) is 0 Å². The number of nitro benzene ring substituents is 1. The summed E-state index contributed by atoms with van der Waals surface area (Å²) in [7, 11) is 1.56. The average Bonchev–Trinajstić information content (AvgIpc) is 3.01. The molecule has 0 spiro atoms. The molecule has 1 saturated heterocycles. The van der Waals surface area contributed by atoms with E-state index in [0.717, 1.165) is 12.8 Å². The van der Waals surface area contributed by atoms with Crippen molar-refractivity contribution in [2.75, 3.05) is 13.6 Å². The summed E-state index contributed by atoms with van der Waals surface area (Å²) in [5.41, 5.74) is 0.663. The Morgan fingerprint density at radius 2 is 2.09 bits per heavy atom. The lowest BCUT2D eigenvalue weighted by molar-refractivity contribution is -0.384. The molecule has 23 heavy (non-hydrogen) atoms. The predicted molar refractivity (Wildman–Crippen MR) is 81.7 cm³/mol. The average molecular weight is 321 g/mol. The smallest absolute Gasteiger partial charge is 0.410 e. The van der Waals surface area contributed by atoms with E-state index < -0.39 is 11.0 Å². The van der Waals surface area contributed by atoms with Gasteiger partial charge in [0.1, 0.15) is 6.61 Å². The first kappa shape index (κ1) is 16.7. The van der Waals surface area contributed by atoms with Crippen molar-refractivity contribution in [3.05, 3.63) is 39.9 Å². The monoisotopic (exact) mass is 321 g/mol. The fraction of sp³-hybridized carbons (Fsp3) is 0.467. The zero-order chi connectivity index (χ0) is 16.8. The maximum absolute atomic E-state index is 12.1. The minimum Gasteiger partial charge on any atom is -0.445 e. The van der Waals surface area contributed by atoms with Gasteiger partial charge in [0.15, 0.2) is 0 Å². The first-order valence-corrected chi connectivity index (χ1v) is 7.38. The summed E-state index contributed by atoms with van der Waals surface area (Å²) in [5.74, 6) is -0.106. The fourth-order valence-corrected chi connectivity index (χ4v) is 2.55. The maximum Gasteiger partial charge on any atom is 0.410 e. The Kier molecular flexibility index (Phi) is 5.51. The molecule has 0 aromatic heterocycles. The normalized spacial score (nSPS) is 16.9. The number of amides is 2. The summed E-state index contributed by atoms with van der Waals surface area (Å²) < 4.78 is 5.24. The quantitative estimate of drug-likeness (QED) is 0.658. The SMILES string of the molecule is CNC(=O)CC1CCCN1C(=O)OCc1ccc([N+](=O)[O-])cc1. The molecular weight excluding hydrogens is 302 g/mol. The number of non-ortho nitro benzene ring substituents is 1. The summed E-state index contributed by atoms with van der Waals surface area (Å²) in [6.07, 6.45) is 1.42. The third-order valence-electron chi connectivity index (χ3n) is 3.82. The second-order valence-corrected chi connectivity index (χ2v) is 5.34. The number of rotatable bonds is 5. The van der Waals surface area contributed by atoms with Crippen molar-refractivity contribution in [3.63, 3.8) is 0 Å². The number of hydrogen-bond acceptors (Lipinski definition) is 5. The van der Waals surface area contributed by atoms with Crippen LogP contribution in [0.2, 0.25) is 0 Å². The van der Waals surface area contributed by atoms with Crippen molar-refractivity contribution in [2.45, 2.75) is 31.9 Å². The third kappa shape index (κ3) is 4.41. The number of nitrogens with zero attached hydrogens (tertiary/aromatic N) is 2. The second-order valence-electron chi connectivity index (χ2n) is 5.34. The van der Waals surface area contributed by atoms with Crippen LogP contribution in [-0.2, 0) is 16.1 Å². The zero-order valence-electron chi connectivity index (χ0n) is 12.9. The third-order valence-corrected chi connectivity index (χ3v) is 3.82. The Labute approximate surface area is 133 Å². The molecule has 1 fully saturated rings. The zero-order valence-corrected chi connectivity index (χ0v) is 12.9. The molecule has 0 radical (unpaired) electrons. The Morgan fingerprint density at radius 3 is 2.70 bits per heavy atom. The highest BCUT2D eigenvalue weighted by Gasteiger charge is 2.31. The van der Waals surface area contributed by atoms with E-state index in [4.69, 9.17) is 4.74 Å². The molecule has 0 bridgehead atoms. The molecule has 2 amide bonds. The van der Waals surface area contributed by atoms with Crippen LogP contribution in [0.15, 0.2) is 24.3 Å². The molecule has 1 aliphatic rings. The van der Waals surface area contributed by atoms with Crippen LogP contribution in [0.25, 0.3) is 0 Å². The van der Waals surface area contributed by atoms with Gasteiger partial charge >= 0.3 is 6.09 Å². The van der Waals surface area contributed by atoms with Crippen molar-refractivity contribution in [3.8, 4) is 0 Å². The van der Waals surface area contributed by atoms with E-state index in [1.54, 1.807) is 24.1 Å². The predicted octanol–water partition coefficient (Wildman–Crippen LogP) is 1.83. The molecule has 1 atom stereocenters. The van der Waals surface area contributed by atoms with Gasteiger partial charge in [-0.05, 0) is 30.5 Å². The highest BCUT2D eigenvalue weighted by atomic mass is 16.6. The Morgan fingerprint density at radius 1 is 1.39 bits per heavy atom. The van der Waals surface area contributed by atoms with Gasteiger partial charge in [-0.2, -0.15) is 0 Å². The molecule has 8 heteroatoms. The van der Waals surface area contributed by atoms with Gasteiger partial charge in [-0.1, -0.05) is 0 Å². The van der Waals surface area contributed by atoms with Crippen LogP contribution >= 0.6 is 0 Å². The number of carbonyl (C=O) groups is 2. The van der Waals surface area contributed by atoms with Crippen molar-refractivity contribution < 1.29 is 19.2 Å². The van der Waals surface area contributed by atoms with Crippen molar-refractivity contribution in [1.29, 1.82) is 0 Å². The van der Waals surface area contributed by atoms with Gasteiger partial charge in [0.25, 0.3) is 5.69 Å². The number of likely N-dealkylation sites (tertiary alicyclic amines) is 1. The van der Waals surface area contributed by atoms with E-state index in [-0.39, 0.29) is 30.7 Å². The van der Waals surface area contributed by atoms with Gasteiger partial charge in [0.2, 0.25) is 5.91 Å². The summed E-state index contributed by atoms with van der Waals surface area (Å²) in [4.78, 5) is 35.3. The molecular formula is C15H19N3O5. The van der Waals surface area contributed by atoms with Crippen molar-refractivity contribution >= 4 is 17.7 Å². The minimum absolute atomic E-state index is 0.00902. The van der Waals surface area contributed by atoms with Gasteiger partial charge in [-0.3, -0.25) is 14.9 Å². The van der Waals surface area contributed by atoms with Crippen LogP contribution < -0.4 is 5.32 Å². The van der Waals surface area contributed by atoms with Gasteiger partial charge in [-0.15, -0.1) is 0 Å². The highest BCUT2D eigenvalue weighted by Crippen LogP contribution is 2.21. The molecule has 1 aliphatic heterocycles. The topological polar surface area (TPSA) is 102 Å². The van der Waals surface area contributed by atoms with Crippen LogP contribution in [-0.4, -0.2) is 41.5 Å². The molecule has 0 aliphatic carbocycles. The fourth-order valence-electron chi connectivity index (χ4n) is 2.55. The summed E-state index contributed by atoms with van der Waals surface area (Å²) in [6, 6.07) is 5.70. The van der Waals surface area contributed by atoms with E-state index in [2.05, 4.69) is 5.32 Å². The van der Waals surface area contributed by atoms with E-state index >= 15 is 0 Å². The molecule has 1 heterocycles. The van der Waals surface area contributed by atoms with Gasteiger partial charge in [0.05, 0.1) is 4.92 Å². The largest absolute Gasteiger partial charge is 0.445 e. The number of ether oxygens (including phenoxy) is 1. The first-order chi connectivity index (χ1) is 11.0. The minimum atomic E-state index is -0.483. The van der Waals surface area contributed by atoms with Crippen LogP contribution in [0.4, 0.5) is 10.5 Å². The highest BCUT2D eigenvalue weighted by molar-refractivity contribution is 5.77. The number of benzene rings is 1. The number of hydrogen-bond donors (Lipinski definition) is 1.